The molecular formula is C16H18N2OS2. The maximum atomic E-state index is 5.78. The molecule has 0 aliphatic carbocycles. The van der Waals surface area contributed by atoms with Crippen LogP contribution < -0.4 is 16.0 Å². The summed E-state index contributed by atoms with van der Waals surface area (Å²) in [4.78, 5) is 1.23. The molecule has 0 fully saturated rings. The molecule has 1 atom stereocenters. The van der Waals surface area contributed by atoms with Gasteiger partial charge in [0.1, 0.15) is 5.75 Å². The maximum absolute atomic E-state index is 5.78. The number of rotatable bonds is 5. The molecule has 2 aromatic heterocycles. The molecule has 0 spiro atoms. The second-order valence-electron chi connectivity index (χ2n) is 5.13. The number of fused-ring (bicyclic) bond motifs is 1. The molecule has 3 rings (SSSR count). The van der Waals surface area contributed by atoms with Gasteiger partial charge < -0.3 is 4.74 Å². The summed E-state index contributed by atoms with van der Waals surface area (Å²) in [5, 5.41) is 2.12. The number of hydrogen-bond acceptors (Lipinski definition) is 5. The average Bonchev–Trinajstić information content (AvgIpc) is 3.02. The predicted octanol–water partition coefficient (Wildman–Crippen LogP) is 4.30. The van der Waals surface area contributed by atoms with E-state index in [1.807, 2.05) is 26.0 Å². The van der Waals surface area contributed by atoms with Crippen molar-refractivity contribution in [2.45, 2.75) is 26.0 Å². The fraction of sp³-hybridized carbons (Fsp3) is 0.250. The van der Waals surface area contributed by atoms with E-state index in [9.17, 15) is 0 Å². The molecule has 1 aromatic carbocycles. The highest BCUT2D eigenvalue weighted by Crippen LogP contribution is 2.35. The Hall–Kier alpha value is -1.40. The van der Waals surface area contributed by atoms with Gasteiger partial charge >= 0.3 is 0 Å². The monoisotopic (exact) mass is 318 g/mol. The van der Waals surface area contributed by atoms with Crippen LogP contribution in [0.3, 0.4) is 0 Å². The number of nitrogens with one attached hydrogen (secondary N) is 1. The van der Waals surface area contributed by atoms with Crippen LogP contribution in [-0.4, -0.2) is 6.10 Å². The summed E-state index contributed by atoms with van der Waals surface area (Å²) in [5.41, 5.74) is 4.06. The minimum absolute atomic E-state index is 0.0164. The van der Waals surface area contributed by atoms with Crippen molar-refractivity contribution in [2.24, 2.45) is 5.84 Å². The average molecular weight is 318 g/mol. The zero-order valence-electron chi connectivity index (χ0n) is 12.0. The first-order valence-electron chi connectivity index (χ1n) is 6.87. The first-order chi connectivity index (χ1) is 10.2. The number of hydrazine groups is 1. The van der Waals surface area contributed by atoms with E-state index in [1.165, 1.54) is 14.3 Å². The molecule has 2 heterocycles. The van der Waals surface area contributed by atoms with E-state index in [1.54, 1.807) is 22.7 Å². The first-order valence-corrected chi connectivity index (χ1v) is 8.56. The number of ether oxygens (including phenoxy) is 1. The lowest BCUT2D eigenvalue weighted by atomic mass is 10.1. The maximum Gasteiger partial charge on any atom is 0.119 e. The SMILES string of the molecule is CC(C)Oc1ccc(C(NN)c2cc3sccc3s2)cc1. The Morgan fingerprint density at radius 1 is 1.10 bits per heavy atom. The van der Waals surface area contributed by atoms with Gasteiger partial charge in [-0.05, 0) is 49.1 Å². The minimum Gasteiger partial charge on any atom is -0.491 e. The fourth-order valence-electron chi connectivity index (χ4n) is 2.28. The molecule has 110 valence electrons. The molecule has 3 nitrogen and oxygen atoms in total. The fourth-order valence-corrected chi connectivity index (χ4v) is 4.49. The molecule has 3 N–H and O–H groups in total. The van der Waals surface area contributed by atoms with E-state index in [0.29, 0.717) is 0 Å². The Balaban J connectivity index is 1.87. The van der Waals surface area contributed by atoms with Gasteiger partial charge in [-0.2, -0.15) is 0 Å². The van der Waals surface area contributed by atoms with Crippen molar-refractivity contribution in [3.63, 3.8) is 0 Å². The summed E-state index contributed by atoms with van der Waals surface area (Å²) >= 11 is 3.55. The van der Waals surface area contributed by atoms with E-state index in [4.69, 9.17) is 10.6 Å². The highest BCUT2D eigenvalue weighted by atomic mass is 32.1. The van der Waals surface area contributed by atoms with Gasteiger partial charge in [-0.15, -0.1) is 22.7 Å². The van der Waals surface area contributed by atoms with Crippen LogP contribution in [0.1, 0.15) is 30.3 Å². The summed E-state index contributed by atoms with van der Waals surface area (Å²) in [6.45, 7) is 4.05. The molecular weight excluding hydrogens is 300 g/mol. The number of nitrogens with two attached hydrogens (primary N) is 1. The van der Waals surface area contributed by atoms with Crippen LogP contribution in [-0.2, 0) is 0 Å². The van der Waals surface area contributed by atoms with Gasteiger partial charge in [-0.3, -0.25) is 5.84 Å². The number of hydrogen-bond donors (Lipinski definition) is 2. The van der Waals surface area contributed by atoms with Crippen LogP contribution in [0, 0.1) is 0 Å². The second kappa shape index (κ2) is 6.15. The lowest BCUT2D eigenvalue weighted by Gasteiger charge is -2.16. The van der Waals surface area contributed by atoms with Crippen LogP contribution in [0.5, 0.6) is 5.75 Å². The molecule has 0 saturated heterocycles. The van der Waals surface area contributed by atoms with Crippen LogP contribution in [0.4, 0.5) is 0 Å². The van der Waals surface area contributed by atoms with Crippen molar-refractivity contribution >= 4 is 32.1 Å². The summed E-state index contributed by atoms with van der Waals surface area (Å²) in [6, 6.07) is 12.5. The van der Waals surface area contributed by atoms with Crippen molar-refractivity contribution in [3.8, 4) is 5.75 Å². The van der Waals surface area contributed by atoms with Gasteiger partial charge in [0.05, 0.1) is 12.1 Å². The highest BCUT2D eigenvalue weighted by molar-refractivity contribution is 7.27. The zero-order chi connectivity index (χ0) is 14.8. The second-order valence-corrected chi connectivity index (χ2v) is 7.20. The van der Waals surface area contributed by atoms with E-state index in [2.05, 4.69) is 35.1 Å². The van der Waals surface area contributed by atoms with Crippen LogP contribution in [0.2, 0.25) is 0 Å². The van der Waals surface area contributed by atoms with Crippen molar-refractivity contribution in [1.29, 1.82) is 0 Å². The molecule has 0 aliphatic rings. The topological polar surface area (TPSA) is 47.3 Å². The molecule has 0 saturated carbocycles. The third-order valence-electron chi connectivity index (χ3n) is 3.19. The Morgan fingerprint density at radius 2 is 1.86 bits per heavy atom. The van der Waals surface area contributed by atoms with E-state index in [-0.39, 0.29) is 12.1 Å². The minimum atomic E-state index is 0.0164. The molecule has 0 radical (unpaired) electrons. The Bertz CT molecular complexity index is 687. The summed E-state index contributed by atoms with van der Waals surface area (Å²) < 4.78 is 8.31. The third kappa shape index (κ3) is 3.11. The normalized spacial score (nSPS) is 13.0. The third-order valence-corrected chi connectivity index (χ3v) is 5.35. The lowest BCUT2D eigenvalue weighted by molar-refractivity contribution is 0.242. The number of benzene rings is 1. The summed E-state index contributed by atoms with van der Waals surface area (Å²) in [7, 11) is 0. The Morgan fingerprint density at radius 3 is 2.48 bits per heavy atom. The molecule has 0 bridgehead atoms. The molecule has 3 aromatic rings. The van der Waals surface area contributed by atoms with Gasteiger partial charge in [0.2, 0.25) is 0 Å². The van der Waals surface area contributed by atoms with Crippen molar-refractivity contribution < 1.29 is 4.74 Å². The lowest BCUT2D eigenvalue weighted by Crippen LogP contribution is -2.28. The van der Waals surface area contributed by atoms with Crippen molar-refractivity contribution in [1.82, 2.24) is 5.43 Å². The Kier molecular flexibility index (Phi) is 4.26. The van der Waals surface area contributed by atoms with Crippen LogP contribution >= 0.6 is 22.7 Å². The smallest absolute Gasteiger partial charge is 0.119 e. The number of thiophene rings is 2. The van der Waals surface area contributed by atoms with E-state index in [0.717, 1.165) is 11.3 Å². The summed E-state index contributed by atoms with van der Waals surface area (Å²) in [5.74, 6) is 6.66. The molecule has 21 heavy (non-hydrogen) atoms. The molecule has 0 aliphatic heterocycles. The Labute approximate surface area is 132 Å². The van der Waals surface area contributed by atoms with Crippen LogP contribution in [0.15, 0.2) is 41.8 Å². The van der Waals surface area contributed by atoms with Crippen molar-refractivity contribution in [3.05, 3.63) is 52.2 Å². The van der Waals surface area contributed by atoms with Gasteiger partial charge in [0.25, 0.3) is 0 Å². The molecule has 5 heteroatoms. The van der Waals surface area contributed by atoms with Crippen molar-refractivity contribution in [2.75, 3.05) is 0 Å². The largest absolute Gasteiger partial charge is 0.491 e. The van der Waals surface area contributed by atoms with Gasteiger partial charge in [-0.25, -0.2) is 5.43 Å². The van der Waals surface area contributed by atoms with Gasteiger partial charge in [0, 0.05) is 14.3 Å². The van der Waals surface area contributed by atoms with Gasteiger partial charge in [-0.1, -0.05) is 12.1 Å². The quantitative estimate of drug-likeness (QED) is 0.544. The van der Waals surface area contributed by atoms with Gasteiger partial charge in [0.15, 0.2) is 0 Å². The molecule has 0 amide bonds. The standard InChI is InChI=1S/C16H18N2OS2/c1-10(2)19-12-5-3-11(4-6-12)16(18-17)15-9-14-13(21-15)7-8-20-14/h3-10,16,18H,17H2,1-2H3. The predicted molar refractivity (Wildman–Crippen MR) is 91.1 cm³/mol. The van der Waals surface area contributed by atoms with E-state index < -0.39 is 0 Å². The summed E-state index contributed by atoms with van der Waals surface area (Å²) in [6.07, 6.45) is 0.184. The first kappa shape index (κ1) is 14.5. The van der Waals surface area contributed by atoms with Crippen LogP contribution in [0.25, 0.3) is 9.40 Å². The molecule has 1 unspecified atom stereocenters. The zero-order valence-corrected chi connectivity index (χ0v) is 13.6. The highest BCUT2D eigenvalue weighted by Gasteiger charge is 2.16. The van der Waals surface area contributed by atoms with E-state index >= 15 is 0 Å².